The Hall–Kier alpha value is -3.40. The van der Waals surface area contributed by atoms with Gasteiger partial charge in [0.1, 0.15) is 0 Å². The van der Waals surface area contributed by atoms with Crippen LogP contribution in [0.25, 0.3) is 11.1 Å². The SMILES string of the molecule is COc1ccc(-c2ccc(I(OC(=O)c3ccccc3)c3c(F)c(F)cc(F)c3F)cc2)cc1. The van der Waals surface area contributed by atoms with Gasteiger partial charge in [-0.15, -0.1) is 0 Å². The van der Waals surface area contributed by atoms with Crippen molar-refractivity contribution in [3.63, 3.8) is 0 Å². The molecule has 3 nitrogen and oxygen atoms in total. The molecule has 0 heterocycles. The molecule has 0 amide bonds. The van der Waals surface area contributed by atoms with Crippen LogP contribution in [-0.4, -0.2) is 13.1 Å². The molecule has 174 valence electrons. The Balaban J connectivity index is 1.76. The molecule has 8 heteroatoms. The zero-order chi connectivity index (χ0) is 24.2. The van der Waals surface area contributed by atoms with E-state index in [4.69, 9.17) is 7.80 Å². The molecule has 34 heavy (non-hydrogen) atoms. The summed E-state index contributed by atoms with van der Waals surface area (Å²) >= 11 is -3.77. The number of ether oxygens (including phenoxy) is 1. The second-order valence-corrected chi connectivity index (χ2v) is 11.2. The topological polar surface area (TPSA) is 35.5 Å². The molecule has 4 aromatic carbocycles. The van der Waals surface area contributed by atoms with Gasteiger partial charge in [-0.05, 0) is 0 Å². The molecule has 4 aromatic rings. The molecular weight excluding hydrogens is 563 g/mol. The number of hydrogen-bond donors (Lipinski definition) is 0. The first-order chi connectivity index (χ1) is 16.4. The van der Waals surface area contributed by atoms with E-state index in [1.807, 2.05) is 12.1 Å². The zero-order valence-electron chi connectivity index (χ0n) is 17.7. The van der Waals surface area contributed by atoms with Gasteiger partial charge in [-0.3, -0.25) is 0 Å². The minimum atomic E-state index is -3.77. The van der Waals surface area contributed by atoms with Crippen LogP contribution in [0.2, 0.25) is 0 Å². The van der Waals surface area contributed by atoms with E-state index >= 15 is 0 Å². The van der Waals surface area contributed by atoms with Gasteiger partial charge in [-0.2, -0.15) is 0 Å². The van der Waals surface area contributed by atoms with Gasteiger partial charge in [-0.25, -0.2) is 0 Å². The first-order valence-corrected chi connectivity index (χ1v) is 13.0. The molecule has 0 aliphatic carbocycles. The summed E-state index contributed by atoms with van der Waals surface area (Å²) in [5, 5.41) is 0. The normalized spacial score (nSPS) is 11.1. The molecule has 0 spiro atoms. The van der Waals surface area contributed by atoms with Gasteiger partial charge in [0.25, 0.3) is 0 Å². The third kappa shape index (κ3) is 4.91. The summed E-state index contributed by atoms with van der Waals surface area (Å²) in [6, 6.07) is 21.7. The van der Waals surface area contributed by atoms with Gasteiger partial charge < -0.3 is 0 Å². The molecule has 0 aliphatic rings. The van der Waals surface area contributed by atoms with Crippen molar-refractivity contribution in [2.45, 2.75) is 0 Å². The summed E-state index contributed by atoms with van der Waals surface area (Å²) in [4.78, 5) is 12.7. The Morgan fingerprint density at radius 1 is 0.735 bits per heavy atom. The van der Waals surface area contributed by atoms with Gasteiger partial charge in [0.15, 0.2) is 0 Å². The monoisotopic (exact) mass is 580 g/mol. The molecule has 0 saturated carbocycles. The Morgan fingerprint density at radius 2 is 1.26 bits per heavy atom. The van der Waals surface area contributed by atoms with E-state index in [9.17, 15) is 22.4 Å². The van der Waals surface area contributed by atoms with Crippen LogP contribution in [0.3, 0.4) is 0 Å². The van der Waals surface area contributed by atoms with E-state index in [-0.39, 0.29) is 15.2 Å². The van der Waals surface area contributed by atoms with Crippen LogP contribution in [0.15, 0.2) is 84.9 Å². The predicted octanol–water partition coefficient (Wildman–Crippen LogP) is 7.24. The van der Waals surface area contributed by atoms with Crippen LogP contribution in [0.1, 0.15) is 10.4 Å². The summed E-state index contributed by atoms with van der Waals surface area (Å²) in [6.45, 7) is 0. The number of carbonyl (C=O) groups excluding carboxylic acids is 1. The summed E-state index contributed by atoms with van der Waals surface area (Å²) in [5.41, 5.74) is 1.78. The molecule has 0 aliphatic heterocycles. The second kappa shape index (κ2) is 10.3. The summed E-state index contributed by atoms with van der Waals surface area (Å²) in [6.07, 6.45) is 0. The van der Waals surface area contributed by atoms with E-state index in [1.165, 1.54) is 12.1 Å². The summed E-state index contributed by atoms with van der Waals surface area (Å²) < 4.78 is 67.5. The Labute approximate surface area is 200 Å². The standard InChI is InChI=1S/C26H17F4IO3/c1-33-20-13-9-17(10-14-20)16-7-11-19(12-8-16)31(34-26(32)18-5-3-2-4-6-18)25-23(29)21(27)15-22(28)24(25)30/h2-15H,1H3. The van der Waals surface area contributed by atoms with Crippen molar-refractivity contribution in [1.82, 2.24) is 0 Å². The van der Waals surface area contributed by atoms with Crippen molar-refractivity contribution in [2.24, 2.45) is 0 Å². The van der Waals surface area contributed by atoms with Crippen LogP contribution in [0, 0.1) is 30.4 Å². The van der Waals surface area contributed by atoms with E-state index in [1.54, 1.807) is 61.7 Å². The minimum absolute atomic E-state index is 0.133. The fraction of sp³-hybridized carbons (Fsp3) is 0.0385. The average molecular weight is 580 g/mol. The van der Waals surface area contributed by atoms with Gasteiger partial charge in [0.05, 0.1) is 0 Å². The molecule has 0 fully saturated rings. The van der Waals surface area contributed by atoms with Crippen LogP contribution in [0.5, 0.6) is 5.75 Å². The maximum absolute atomic E-state index is 14.7. The molecule has 4 rings (SSSR count). The number of halogens is 5. The Kier molecular flexibility index (Phi) is 7.16. The van der Waals surface area contributed by atoms with Gasteiger partial charge in [0.2, 0.25) is 0 Å². The van der Waals surface area contributed by atoms with Crippen LogP contribution in [-0.2, 0) is 3.07 Å². The summed E-state index contributed by atoms with van der Waals surface area (Å²) in [5.74, 6) is -6.40. The van der Waals surface area contributed by atoms with Crippen LogP contribution in [0.4, 0.5) is 17.6 Å². The third-order valence-electron chi connectivity index (χ3n) is 4.85. The molecule has 0 aromatic heterocycles. The van der Waals surface area contributed by atoms with Crippen molar-refractivity contribution in [1.29, 1.82) is 0 Å². The number of benzene rings is 4. The van der Waals surface area contributed by atoms with Crippen molar-refractivity contribution in [3.8, 4) is 16.9 Å². The fourth-order valence-electron chi connectivity index (χ4n) is 3.12. The fourth-order valence-corrected chi connectivity index (χ4v) is 7.26. The number of carbonyl (C=O) groups is 1. The molecule has 0 bridgehead atoms. The molecule has 0 N–H and O–H groups in total. The number of hydrogen-bond acceptors (Lipinski definition) is 3. The molecule has 0 unspecified atom stereocenters. The Bertz CT molecular complexity index is 1280. The third-order valence-corrected chi connectivity index (χ3v) is 9.47. The average Bonchev–Trinajstić information content (AvgIpc) is 2.87. The molecular formula is C26H17F4IO3. The first-order valence-electron chi connectivity index (χ1n) is 9.94. The zero-order valence-corrected chi connectivity index (χ0v) is 19.9. The predicted molar refractivity (Wildman–Crippen MR) is 128 cm³/mol. The quantitative estimate of drug-likeness (QED) is 0.105. The maximum atomic E-state index is 14.7. The van der Waals surface area contributed by atoms with Crippen LogP contribution < -0.4 is 4.74 Å². The van der Waals surface area contributed by atoms with Crippen molar-refractivity contribution in [2.75, 3.05) is 7.11 Å². The van der Waals surface area contributed by atoms with Gasteiger partial charge in [0, 0.05) is 0 Å². The van der Waals surface area contributed by atoms with E-state index in [0.717, 1.165) is 11.1 Å². The van der Waals surface area contributed by atoms with Gasteiger partial charge in [-0.1, -0.05) is 0 Å². The molecule has 0 radical (unpaired) electrons. The van der Waals surface area contributed by atoms with Crippen LogP contribution >= 0.6 is 20.2 Å². The molecule has 0 saturated heterocycles. The number of rotatable bonds is 6. The Morgan fingerprint density at radius 3 is 1.79 bits per heavy atom. The van der Waals surface area contributed by atoms with Crippen molar-refractivity contribution < 1.29 is 30.2 Å². The summed E-state index contributed by atoms with van der Waals surface area (Å²) in [7, 11) is 1.55. The van der Waals surface area contributed by atoms with Crippen molar-refractivity contribution >= 4 is 26.2 Å². The van der Waals surface area contributed by atoms with Gasteiger partial charge >= 0.3 is 201 Å². The second-order valence-electron chi connectivity index (χ2n) is 7.00. The number of methoxy groups -OCH3 is 1. The van der Waals surface area contributed by atoms with Crippen molar-refractivity contribution in [3.05, 3.63) is 121 Å². The first kappa shape index (κ1) is 23.7. The van der Waals surface area contributed by atoms with E-state index in [2.05, 4.69) is 0 Å². The van der Waals surface area contributed by atoms with E-state index < -0.39 is 53.0 Å². The van der Waals surface area contributed by atoms with E-state index in [0.29, 0.717) is 5.75 Å². The molecule has 0 atom stereocenters.